The van der Waals surface area contributed by atoms with Crippen LogP contribution in [0.15, 0.2) is 96.0 Å². The molecule has 69 heavy (non-hydrogen) atoms. The molecule has 0 radical (unpaired) electrons. The van der Waals surface area contributed by atoms with Gasteiger partial charge in [-0.15, -0.1) is 5.54 Å². The van der Waals surface area contributed by atoms with Gasteiger partial charge in [-0.05, 0) is 83.7 Å². The summed E-state index contributed by atoms with van der Waals surface area (Å²) in [5.74, 6) is 1.95. The first kappa shape index (κ1) is 44.6. The fraction of sp³-hybridized carbons (Fsp3) is 0.421. The second kappa shape index (κ2) is 18.6. The molecule has 5 aromatic carbocycles. The number of aliphatic imine (C=N–C) groups is 1. The molecule has 1 aliphatic carbocycles. The quantitative estimate of drug-likeness (QED) is 0.0558. The van der Waals surface area contributed by atoms with Crippen LogP contribution in [-0.2, 0) is 4.74 Å². The van der Waals surface area contributed by atoms with Crippen LogP contribution in [-0.4, -0.2) is 92.0 Å². The second-order valence-corrected chi connectivity index (χ2v) is 26.0. The van der Waals surface area contributed by atoms with E-state index in [2.05, 4.69) is 53.0 Å². The van der Waals surface area contributed by atoms with Crippen molar-refractivity contribution in [1.82, 2.24) is 14.9 Å². The lowest BCUT2D eigenvalue weighted by molar-refractivity contribution is 0.107. The van der Waals surface area contributed by atoms with Gasteiger partial charge in [-0.3, -0.25) is 4.90 Å². The SMILES string of the molecule is [2H]C([2H])(Oc1nc(N2CCOC[C@H]3[C@H](F)[C@H]32)c2cc(F)c(-c3cc(N=C(c4ccccc4)c4ccccc4)cc4ccc(F)c(C#C[Si](C(C)C)(C(C)C)C(C)C)c34)c(C)c2n1)[C@@]12CCCN1C[C@H](F)C2. The number of halogens is 4. The van der Waals surface area contributed by atoms with E-state index in [1.807, 2.05) is 71.6 Å². The Hall–Kier alpha value is -5.61. The highest BCUT2D eigenvalue weighted by atomic mass is 28.3. The van der Waals surface area contributed by atoms with Crippen molar-refractivity contribution in [3.8, 4) is 28.6 Å². The maximum atomic E-state index is 17.9. The molecule has 3 aliphatic heterocycles. The minimum atomic E-state index is -2.44. The first-order valence-electron chi connectivity index (χ1n) is 25.5. The molecule has 7 nitrogen and oxygen atoms in total. The van der Waals surface area contributed by atoms with Crippen LogP contribution in [0.25, 0.3) is 32.8 Å². The molecular weight excluding hydrogens is 891 g/mol. The van der Waals surface area contributed by atoms with Gasteiger partial charge in [-0.2, -0.15) is 9.97 Å². The van der Waals surface area contributed by atoms with Crippen molar-refractivity contribution in [3.63, 3.8) is 0 Å². The third kappa shape index (κ3) is 8.42. The van der Waals surface area contributed by atoms with E-state index in [4.69, 9.17) is 24.4 Å². The van der Waals surface area contributed by atoms with Gasteiger partial charge in [0.05, 0.1) is 50.0 Å². The lowest BCUT2D eigenvalue weighted by atomic mass is 9.90. The molecule has 0 bridgehead atoms. The standard InChI is InChI=1S/C57H61F4N5O2Si/c1-34(2)69(35(3)4,36(5)6)26-21-43-47(59)20-19-40-27-42(62-53(38-15-10-8-11-16-38)39-17-12-9-13-18-39)28-44(50(40)43)49-37(7)52-45(29-48(49)60)55(66-24-25-67-32-46-51(61)54(46)66)64-56(63-52)68-33-57-22-14-23-65(57)31-41(58)30-57/h8-13,15-20,27-29,34-36,41,46,51,54H,14,22-25,30-33H2,1-7H3/t41-,46+,51+,54+,57+/m1/s1/i33D2. The lowest BCUT2D eigenvalue weighted by Crippen LogP contribution is -2.43. The molecule has 1 aromatic heterocycles. The van der Waals surface area contributed by atoms with Crippen molar-refractivity contribution in [2.24, 2.45) is 10.9 Å². The lowest BCUT2D eigenvalue weighted by Gasteiger charge is -2.38. The Balaban J connectivity index is 1.25. The first-order chi connectivity index (χ1) is 34.0. The van der Waals surface area contributed by atoms with E-state index >= 15 is 17.6 Å². The number of hydrogen-bond donors (Lipinski definition) is 0. The van der Waals surface area contributed by atoms with Crippen LogP contribution in [0.3, 0.4) is 0 Å². The number of anilines is 1. The number of benzene rings is 5. The maximum Gasteiger partial charge on any atom is 0.319 e. The normalized spacial score (nSPS) is 23.1. The number of ether oxygens (including phenoxy) is 2. The van der Waals surface area contributed by atoms with Crippen molar-refractivity contribution in [2.75, 3.05) is 44.3 Å². The Kier molecular flexibility index (Phi) is 12.0. The molecule has 0 amide bonds. The average molecular weight is 954 g/mol. The predicted molar refractivity (Wildman–Crippen MR) is 272 cm³/mol. The van der Waals surface area contributed by atoms with Gasteiger partial charge in [0.1, 0.15) is 44.4 Å². The van der Waals surface area contributed by atoms with Crippen LogP contribution in [0.1, 0.15) is 85.8 Å². The van der Waals surface area contributed by atoms with Crippen molar-refractivity contribution < 1.29 is 29.8 Å². The number of alkyl halides is 2. The summed E-state index contributed by atoms with van der Waals surface area (Å²) in [5.41, 5.74) is 7.30. The fourth-order valence-electron chi connectivity index (χ4n) is 12.1. The number of hydrogen-bond acceptors (Lipinski definition) is 7. The Morgan fingerprint density at radius 2 is 1.61 bits per heavy atom. The highest BCUT2D eigenvalue weighted by molar-refractivity contribution is 6.90. The smallest absolute Gasteiger partial charge is 0.319 e. The monoisotopic (exact) mass is 953 g/mol. The van der Waals surface area contributed by atoms with Gasteiger partial charge in [0, 0.05) is 52.9 Å². The number of rotatable bonds is 11. The number of fused-ring (bicyclic) bond motifs is 4. The Morgan fingerprint density at radius 3 is 2.29 bits per heavy atom. The van der Waals surface area contributed by atoms with E-state index in [1.54, 1.807) is 24.0 Å². The fourth-order valence-corrected chi connectivity index (χ4v) is 17.3. The number of aromatic nitrogens is 2. The van der Waals surface area contributed by atoms with E-state index in [-0.39, 0.29) is 83.2 Å². The summed E-state index contributed by atoms with van der Waals surface area (Å²) < 4.78 is 96.4. The van der Waals surface area contributed by atoms with Gasteiger partial charge in [0.25, 0.3) is 0 Å². The van der Waals surface area contributed by atoms with Gasteiger partial charge < -0.3 is 14.4 Å². The van der Waals surface area contributed by atoms with Crippen LogP contribution in [0.5, 0.6) is 6.01 Å². The van der Waals surface area contributed by atoms with Gasteiger partial charge in [-0.25, -0.2) is 22.6 Å². The molecule has 1 saturated carbocycles. The van der Waals surface area contributed by atoms with Gasteiger partial charge >= 0.3 is 6.01 Å². The average Bonchev–Trinajstić information content (AvgIpc) is 3.70. The second-order valence-electron chi connectivity index (χ2n) is 20.4. The molecule has 10 rings (SSSR count). The summed E-state index contributed by atoms with van der Waals surface area (Å²) in [4.78, 5) is 18.6. The minimum Gasteiger partial charge on any atom is -0.461 e. The van der Waals surface area contributed by atoms with Crippen LogP contribution >= 0.6 is 0 Å². The van der Waals surface area contributed by atoms with Gasteiger partial charge in [-0.1, -0.05) is 114 Å². The Labute approximate surface area is 407 Å². The van der Waals surface area contributed by atoms with E-state index in [0.717, 1.165) is 11.1 Å². The Bertz CT molecular complexity index is 3050. The number of nitrogens with zero attached hydrogens (tertiary/aromatic N) is 5. The maximum absolute atomic E-state index is 17.9. The summed E-state index contributed by atoms with van der Waals surface area (Å²) in [6.07, 6.45) is -1.45. The molecule has 6 aromatic rings. The summed E-state index contributed by atoms with van der Waals surface area (Å²) in [6, 6.07) is 26.7. The van der Waals surface area contributed by atoms with Crippen LogP contribution in [0, 0.1) is 35.9 Å². The highest BCUT2D eigenvalue weighted by Crippen LogP contribution is 2.48. The molecule has 358 valence electrons. The summed E-state index contributed by atoms with van der Waals surface area (Å²) in [6.45, 7) is 13.8. The molecule has 4 heterocycles. The summed E-state index contributed by atoms with van der Waals surface area (Å²) >= 11 is 0. The van der Waals surface area contributed by atoms with E-state index in [9.17, 15) is 2.74 Å². The van der Waals surface area contributed by atoms with Crippen LogP contribution in [0.2, 0.25) is 16.6 Å². The molecule has 3 saturated heterocycles. The zero-order chi connectivity index (χ0) is 50.1. The van der Waals surface area contributed by atoms with Crippen LogP contribution in [0.4, 0.5) is 29.1 Å². The Morgan fingerprint density at radius 1 is 0.913 bits per heavy atom. The zero-order valence-corrected chi connectivity index (χ0v) is 41.4. The van der Waals surface area contributed by atoms with Crippen molar-refractivity contribution in [3.05, 3.63) is 125 Å². The molecule has 0 spiro atoms. The van der Waals surface area contributed by atoms with E-state index in [0.29, 0.717) is 52.7 Å². The molecule has 4 fully saturated rings. The molecule has 5 atom stereocenters. The largest absolute Gasteiger partial charge is 0.461 e. The summed E-state index contributed by atoms with van der Waals surface area (Å²) in [7, 11) is -2.41. The molecular formula is C57H61F4N5O2Si. The zero-order valence-electron chi connectivity index (χ0n) is 42.4. The number of aryl methyl sites for hydroxylation is 1. The first-order valence-corrected chi connectivity index (χ1v) is 26.8. The van der Waals surface area contributed by atoms with E-state index < -0.39 is 56.1 Å². The minimum absolute atomic E-state index is 0.0510. The van der Waals surface area contributed by atoms with E-state index in [1.165, 1.54) is 12.1 Å². The third-order valence-corrected chi connectivity index (χ3v) is 21.7. The topological polar surface area (TPSA) is 63.1 Å². The third-order valence-electron chi connectivity index (χ3n) is 15.5. The molecule has 4 aliphatic rings. The molecule has 0 unspecified atom stereocenters. The molecule has 0 N–H and O–H groups in total. The van der Waals surface area contributed by atoms with Crippen LogP contribution < -0.4 is 9.64 Å². The van der Waals surface area contributed by atoms with Gasteiger partial charge in [0.2, 0.25) is 0 Å². The molecule has 12 heteroatoms. The summed E-state index contributed by atoms with van der Waals surface area (Å²) in [5, 5.41) is 1.27. The van der Waals surface area contributed by atoms with Crippen molar-refractivity contribution >= 4 is 47.0 Å². The van der Waals surface area contributed by atoms with Gasteiger partial charge in [0.15, 0.2) is 0 Å². The van der Waals surface area contributed by atoms with Crippen molar-refractivity contribution in [2.45, 2.75) is 108 Å². The highest BCUT2D eigenvalue weighted by Gasteiger charge is 2.56. The van der Waals surface area contributed by atoms with Crippen molar-refractivity contribution in [1.29, 1.82) is 0 Å². The predicted octanol–water partition coefficient (Wildman–Crippen LogP) is 12.9.